The Bertz CT molecular complexity index is 809. The molecule has 0 bridgehead atoms. The maximum atomic E-state index is 13.2. The predicted molar refractivity (Wildman–Crippen MR) is 107 cm³/mol. The molecule has 0 radical (unpaired) electrons. The summed E-state index contributed by atoms with van der Waals surface area (Å²) in [5.74, 6) is -0.686. The van der Waals surface area contributed by atoms with Gasteiger partial charge in [-0.2, -0.15) is 0 Å². The highest BCUT2D eigenvalue weighted by molar-refractivity contribution is 6.35. The molecule has 3 atom stereocenters. The molecule has 1 aliphatic heterocycles. The first kappa shape index (κ1) is 19.7. The van der Waals surface area contributed by atoms with E-state index in [0.717, 1.165) is 29.8 Å². The second-order valence-corrected chi connectivity index (χ2v) is 7.72. The van der Waals surface area contributed by atoms with Gasteiger partial charge in [0.25, 0.3) is 5.91 Å². The van der Waals surface area contributed by atoms with Crippen LogP contribution in [0.1, 0.15) is 24.4 Å². The van der Waals surface area contributed by atoms with Crippen molar-refractivity contribution < 1.29 is 14.5 Å². The lowest BCUT2D eigenvalue weighted by Crippen LogP contribution is -3.15. The standard InChI is InChI=1S/C20H21Cl2N3O2/c21-15-9-16(22)11-17(10-15)24-20(27)18(13-5-2-1-3-6-13)25-8-4-7-14(12-25)19(23)26/h1-3,5-6,9-11,14,18H,4,7-8,12H2,(H2,23,26)(H,24,27)/p+1/t14-,18-/m0/s1. The molecule has 1 aliphatic rings. The average Bonchev–Trinajstić information content (AvgIpc) is 2.62. The fraction of sp³-hybridized carbons (Fsp3) is 0.300. The molecule has 4 N–H and O–H groups in total. The van der Waals surface area contributed by atoms with Crippen molar-refractivity contribution in [1.82, 2.24) is 0 Å². The van der Waals surface area contributed by atoms with Gasteiger partial charge in [-0.15, -0.1) is 0 Å². The monoisotopic (exact) mass is 406 g/mol. The van der Waals surface area contributed by atoms with E-state index in [4.69, 9.17) is 28.9 Å². The van der Waals surface area contributed by atoms with Crippen LogP contribution in [0.25, 0.3) is 0 Å². The molecule has 2 aromatic rings. The Morgan fingerprint density at radius 1 is 1.11 bits per heavy atom. The van der Waals surface area contributed by atoms with E-state index in [0.29, 0.717) is 22.3 Å². The van der Waals surface area contributed by atoms with Gasteiger partial charge in [0.05, 0.1) is 19.0 Å². The Kier molecular flexibility index (Phi) is 6.37. The number of piperidine rings is 1. The minimum absolute atomic E-state index is 0.167. The molecule has 1 unspecified atom stereocenters. The molecular weight excluding hydrogens is 385 g/mol. The summed E-state index contributed by atoms with van der Waals surface area (Å²) in [4.78, 5) is 25.9. The number of hydrogen-bond donors (Lipinski definition) is 3. The largest absolute Gasteiger partial charge is 0.369 e. The molecule has 7 heteroatoms. The highest BCUT2D eigenvalue weighted by atomic mass is 35.5. The highest BCUT2D eigenvalue weighted by Crippen LogP contribution is 2.23. The third-order valence-corrected chi connectivity index (χ3v) is 5.33. The van der Waals surface area contributed by atoms with Crippen LogP contribution in [-0.4, -0.2) is 24.9 Å². The van der Waals surface area contributed by atoms with Gasteiger partial charge in [-0.25, -0.2) is 0 Å². The minimum Gasteiger partial charge on any atom is -0.369 e. The zero-order valence-corrected chi connectivity index (χ0v) is 16.3. The zero-order chi connectivity index (χ0) is 19.4. The van der Waals surface area contributed by atoms with E-state index in [1.807, 2.05) is 30.3 Å². The number of hydrogen-bond acceptors (Lipinski definition) is 2. The van der Waals surface area contributed by atoms with Crippen molar-refractivity contribution in [3.05, 3.63) is 64.1 Å². The smallest absolute Gasteiger partial charge is 0.287 e. The van der Waals surface area contributed by atoms with Crippen molar-refractivity contribution in [3.8, 4) is 0 Å². The van der Waals surface area contributed by atoms with Gasteiger partial charge in [0, 0.05) is 21.3 Å². The molecule has 3 rings (SSSR count). The molecule has 0 aliphatic carbocycles. The Morgan fingerprint density at radius 3 is 2.41 bits per heavy atom. The third-order valence-electron chi connectivity index (χ3n) is 4.89. The quantitative estimate of drug-likeness (QED) is 0.712. The molecular formula is C20H22Cl2N3O2+. The summed E-state index contributed by atoms with van der Waals surface area (Å²) in [6.45, 7) is 1.34. The van der Waals surface area contributed by atoms with E-state index >= 15 is 0 Å². The first-order valence-corrected chi connectivity index (χ1v) is 9.65. The Labute approximate surface area is 168 Å². The summed E-state index contributed by atoms with van der Waals surface area (Å²) in [6, 6.07) is 14.0. The van der Waals surface area contributed by atoms with Crippen molar-refractivity contribution in [3.63, 3.8) is 0 Å². The van der Waals surface area contributed by atoms with Crippen LogP contribution in [0.4, 0.5) is 5.69 Å². The maximum absolute atomic E-state index is 13.2. The molecule has 5 nitrogen and oxygen atoms in total. The lowest BCUT2D eigenvalue weighted by atomic mass is 9.94. The zero-order valence-electron chi connectivity index (χ0n) is 14.8. The SMILES string of the molecule is NC(=O)[C@H]1CCC[NH+]([C@H](C(=O)Nc2cc(Cl)cc(Cl)c2)c2ccccc2)C1. The Balaban J connectivity index is 1.87. The lowest BCUT2D eigenvalue weighted by Gasteiger charge is -2.33. The molecule has 0 saturated carbocycles. The fourth-order valence-corrected chi connectivity index (χ4v) is 4.19. The number of carbonyl (C=O) groups is 2. The van der Waals surface area contributed by atoms with Crippen LogP contribution in [0.3, 0.4) is 0 Å². The minimum atomic E-state index is -0.453. The molecule has 2 aromatic carbocycles. The van der Waals surface area contributed by atoms with Crippen molar-refractivity contribution in [2.24, 2.45) is 11.7 Å². The third kappa shape index (κ3) is 5.01. The summed E-state index contributed by atoms with van der Waals surface area (Å²) in [5, 5.41) is 3.82. The normalized spacial score (nSPS) is 20.7. The second-order valence-electron chi connectivity index (χ2n) is 6.84. The second kappa shape index (κ2) is 8.74. The molecule has 1 fully saturated rings. The van der Waals surface area contributed by atoms with Crippen molar-refractivity contribution in [2.45, 2.75) is 18.9 Å². The van der Waals surface area contributed by atoms with Crippen LogP contribution < -0.4 is 16.0 Å². The number of primary amides is 1. The van der Waals surface area contributed by atoms with Crippen molar-refractivity contribution in [1.29, 1.82) is 0 Å². The average molecular weight is 407 g/mol. The van der Waals surface area contributed by atoms with Gasteiger partial charge >= 0.3 is 0 Å². The lowest BCUT2D eigenvalue weighted by molar-refractivity contribution is -0.928. The molecule has 0 spiro atoms. The van der Waals surface area contributed by atoms with Gasteiger partial charge < -0.3 is 16.0 Å². The maximum Gasteiger partial charge on any atom is 0.287 e. The first-order chi connectivity index (χ1) is 12.9. The molecule has 142 valence electrons. The number of carbonyl (C=O) groups excluding carboxylic acids is 2. The Hall–Kier alpha value is -2.08. The van der Waals surface area contributed by atoms with Gasteiger partial charge in [-0.1, -0.05) is 53.5 Å². The highest BCUT2D eigenvalue weighted by Gasteiger charge is 2.37. The van der Waals surface area contributed by atoms with Crippen LogP contribution in [0.5, 0.6) is 0 Å². The van der Waals surface area contributed by atoms with Gasteiger partial charge in [0.1, 0.15) is 0 Å². The number of nitrogens with one attached hydrogen (secondary N) is 2. The summed E-state index contributed by atoms with van der Waals surface area (Å²) >= 11 is 12.1. The van der Waals surface area contributed by atoms with Crippen LogP contribution >= 0.6 is 23.2 Å². The molecule has 27 heavy (non-hydrogen) atoms. The van der Waals surface area contributed by atoms with Gasteiger partial charge in [-0.05, 0) is 31.0 Å². The van der Waals surface area contributed by atoms with E-state index in [1.54, 1.807) is 18.2 Å². The number of nitrogens with two attached hydrogens (primary N) is 1. The number of rotatable bonds is 5. The van der Waals surface area contributed by atoms with Crippen LogP contribution in [0.15, 0.2) is 48.5 Å². The molecule has 2 amide bonds. The van der Waals surface area contributed by atoms with Gasteiger partial charge in [0.2, 0.25) is 5.91 Å². The van der Waals surface area contributed by atoms with Gasteiger partial charge in [-0.3, -0.25) is 9.59 Å². The summed E-state index contributed by atoms with van der Waals surface area (Å²) in [6.07, 6.45) is 1.62. The van der Waals surface area contributed by atoms with Crippen LogP contribution in [-0.2, 0) is 9.59 Å². The van der Waals surface area contributed by atoms with E-state index in [1.165, 1.54) is 0 Å². The number of amides is 2. The van der Waals surface area contributed by atoms with E-state index in [-0.39, 0.29) is 17.7 Å². The molecule has 0 aromatic heterocycles. The Morgan fingerprint density at radius 2 is 1.78 bits per heavy atom. The van der Waals surface area contributed by atoms with Crippen molar-refractivity contribution >= 4 is 40.7 Å². The summed E-state index contributed by atoms with van der Waals surface area (Å²) in [7, 11) is 0. The number of anilines is 1. The topological polar surface area (TPSA) is 76.6 Å². The van der Waals surface area contributed by atoms with E-state index < -0.39 is 6.04 Å². The number of benzene rings is 2. The van der Waals surface area contributed by atoms with E-state index in [2.05, 4.69) is 5.32 Å². The fourth-order valence-electron chi connectivity index (χ4n) is 3.66. The van der Waals surface area contributed by atoms with Crippen molar-refractivity contribution in [2.75, 3.05) is 18.4 Å². The van der Waals surface area contributed by atoms with Gasteiger partial charge in [0.15, 0.2) is 6.04 Å². The first-order valence-electron chi connectivity index (χ1n) is 8.90. The predicted octanol–water partition coefficient (Wildman–Crippen LogP) is 2.45. The van der Waals surface area contributed by atoms with Crippen LogP contribution in [0, 0.1) is 5.92 Å². The molecule has 1 heterocycles. The molecule has 1 saturated heterocycles. The van der Waals surface area contributed by atoms with E-state index in [9.17, 15) is 9.59 Å². The number of halogens is 2. The number of likely N-dealkylation sites (tertiary alicyclic amines) is 1. The summed E-state index contributed by atoms with van der Waals surface area (Å²) in [5.41, 5.74) is 6.95. The van der Waals surface area contributed by atoms with Crippen LogP contribution in [0.2, 0.25) is 10.0 Å². The summed E-state index contributed by atoms with van der Waals surface area (Å²) < 4.78 is 0. The number of quaternary nitrogens is 1.